The van der Waals surface area contributed by atoms with Crippen molar-refractivity contribution in [1.29, 1.82) is 0 Å². The molecule has 8 aliphatic rings. The van der Waals surface area contributed by atoms with E-state index in [0.717, 1.165) is 11.4 Å². The van der Waals surface area contributed by atoms with Crippen molar-refractivity contribution in [2.24, 2.45) is 0 Å². The summed E-state index contributed by atoms with van der Waals surface area (Å²) >= 11 is 4.02. The maximum Gasteiger partial charge on any atom is 0.0450 e. The number of benzene rings is 4. The van der Waals surface area contributed by atoms with Crippen molar-refractivity contribution in [3.8, 4) is 44.8 Å². The quantitative estimate of drug-likeness (QED) is 0.169. The predicted octanol–water partition coefficient (Wildman–Crippen LogP) is 10.5. The third-order valence-electron chi connectivity index (χ3n) is 13.3. The molecule has 57 heavy (non-hydrogen) atoms. The topological polar surface area (TPSA) is 9.86 Å². The number of pyridine rings is 2. The highest BCUT2D eigenvalue weighted by Crippen LogP contribution is 2.54. The first-order valence-electron chi connectivity index (χ1n) is 19.9. The number of nitrogens with zero attached hydrogens (tertiary/aromatic N) is 2. The van der Waals surface area contributed by atoms with Gasteiger partial charge in [0.15, 0.2) is 0 Å². The second kappa shape index (κ2) is 11.5. The van der Waals surface area contributed by atoms with Crippen LogP contribution in [0.25, 0.3) is 80.2 Å². The Morgan fingerprint density at radius 3 is 1.61 bits per heavy atom. The molecule has 0 saturated heterocycles. The number of halogens is 1. The summed E-state index contributed by atoms with van der Waals surface area (Å²) < 4.78 is 5.73. The maximum atomic E-state index is 4.02. The molecule has 0 N–H and O–H groups in total. The van der Waals surface area contributed by atoms with Crippen LogP contribution in [0, 0.1) is 0 Å². The molecule has 6 aliphatic carbocycles. The number of hydrogen-bond donors (Lipinski definition) is 0. The molecule has 272 valence electrons. The average Bonchev–Trinajstić information content (AvgIpc) is 3.97. The van der Waals surface area contributed by atoms with Gasteiger partial charge in [-0.1, -0.05) is 100 Å². The summed E-state index contributed by atoms with van der Waals surface area (Å²) in [5.74, 6) is 0. The van der Waals surface area contributed by atoms with Crippen LogP contribution in [0.15, 0.2) is 156 Å². The Labute approximate surface area is 340 Å². The summed E-state index contributed by atoms with van der Waals surface area (Å²) in [5, 5.41) is 5.35. The molecular formula is C54H39BrN2. The minimum absolute atomic E-state index is 0.110. The molecular weight excluding hydrogens is 757 g/mol. The smallest absolute Gasteiger partial charge is 0.0450 e. The van der Waals surface area contributed by atoms with Gasteiger partial charge in [-0.05, 0) is 170 Å². The van der Waals surface area contributed by atoms with Gasteiger partial charge in [0.1, 0.15) is 0 Å². The van der Waals surface area contributed by atoms with Gasteiger partial charge >= 0.3 is 0 Å². The third-order valence-corrected chi connectivity index (χ3v) is 14.1. The minimum Gasteiger partial charge on any atom is -0.323 e. The molecule has 0 amide bonds. The fraction of sp³-hybridized carbons (Fsp3) is 0.111. The van der Waals surface area contributed by atoms with E-state index in [1.54, 1.807) is 0 Å². The van der Waals surface area contributed by atoms with E-state index >= 15 is 0 Å². The lowest BCUT2D eigenvalue weighted by Gasteiger charge is -2.33. The van der Waals surface area contributed by atoms with Gasteiger partial charge in [0.2, 0.25) is 0 Å². The highest BCUT2D eigenvalue weighted by Gasteiger charge is 2.41. The number of allylic oxidation sites excluding steroid dienone is 2. The Morgan fingerprint density at radius 2 is 1.00 bits per heavy atom. The molecule has 0 bridgehead atoms. The highest BCUT2D eigenvalue weighted by atomic mass is 79.9. The standard InChI is InChI=1S/C54H39BrN2/c1-53(2)48-37(25-34-9-5-7-11-42(34)48)28-38-27-36-21-23-56(30-46(36)50(38)53)40-17-13-32(14-18-40)33-15-19-41(20-16-33)57-24-22-44-47(31-57)51-45(52(44)55)29-39-26-35-10-6-8-12-43(35)49(39)54(51,3)4/h5-31H,1-4H3. The zero-order chi connectivity index (χ0) is 38.4. The minimum atomic E-state index is -0.146. The number of fused-ring (bicyclic) bond motifs is 10. The van der Waals surface area contributed by atoms with Crippen LogP contribution in [0.5, 0.6) is 0 Å². The molecule has 2 nitrogen and oxygen atoms in total. The molecule has 2 aliphatic heterocycles. The van der Waals surface area contributed by atoms with E-state index in [2.05, 4.69) is 217 Å². The van der Waals surface area contributed by atoms with Crippen molar-refractivity contribution in [3.63, 3.8) is 0 Å². The summed E-state index contributed by atoms with van der Waals surface area (Å²) in [6.07, 6.45) is 18.5. The summed E-state index contributed by atoms with van der Waals surface area (Å²) in [6.45, 7) is 9.56. The van der Waals surface area contributed by atoms with E-state index in [9.17, 15) is 0 Å². The first-order valence-corrected chi connectivity index (χ1v) is 20.7. The molecule has 0 radical (unpaired) electrons. The molecule has 0 unspecified atom stereocenters. The van der Waals surface area contributed by atoms with Crippen LogP contribution >= 0.6 is 15.9 Å². The van der Waals surface area contributed by atoms with Gasteiger partial charge in [0.05, 0.1) is 0 Å². The lowest BCUT2D eigenvalue weighted by atomic mass is 9.70. The second-order valence-corrected chi connectivity index (χ2v) is 18.0. The van der Waals surface area contributed by atoms with Gasteiger partial charge < -0.3 is 9.13 Å². The Bertz CT molecular complexity index is 3320. The average molecular weight is 796 g/mol. The molecule has 0 fully saturated rings. The number of aromatic nitrogens is 2. The van der Waals surface area contributed by atoms with Gasteiger partial charge in [-0.3, -0.25) is 0 Å². The Morgan fingerprint density at radius 1 is 0.474 bits per heavy atom. The summed E-state index contributed by atoms with van der Waals surface area (Å²) in [7, 11) is 0. The van der Waals surface area contributed by atoms with Gasteiger partial charge in [0.25, 0.3) is 0 Å². The first kappa shape index (κ1) is 33.0. The summed E-state index contributed by atoms with van der Waals surface area (Å²) in [5.41, 5.74) is 20.6. The lowest BCUT2D eigenvalue weighted by molar-refractivity contribution is 0.689. The van der Waals surface area contributed by atoms with Crippen molar-refractivity contribution >= 4 is 51.4 Å². The lowest BCUT2D eigenvalue weighted by Crippen LogP contribution is -2.31. The van der Waals surface area contributed by atoms with Crippen LogP contribution in [-0.2, 0) is 10.8 Å². The fourth-order valence-electron chi connectivity index (χ4n) is 10.8. The maximum absolute atomic E-state index is 4.02. The van der Waals surface area contributed by atoms with Gasteiger partial charge in [-0.25, -0.2) is 0 Å². The Kier molecular flexibility index (Phi) is 6.64. The van der Waals surface area contributed by atoms with Gasteiger partial charge in [0, 0.05) is 62.6 Å². The van der Waals surface area contributed by atoms with E-state index in [1.165, 1.54) is 103 Å². The van der Waals surface area contributed by atoms with Crippen LogP contribution in [0.1, 0.15) is 49.9 Å². The predicted molar refractivity (Wildman–Crippen MR) is 241 cm³/mol. The van der Waals surface area contributed by atoms with Gasteiger partial charge in [-0.15, -0.1) is 0 Å². The first-order chi connectivity index (χ1) is 27.6. The number of rotatable bonds is 3. The molecule has 4 aromatic rings. The number of hydrogen-bond acceptors (Lipinski definition) is 0. The van der Waals surface area contributed by atoms with Crippen molar-refractivity contribution in [1.82, 2.24) is 9.13 Å². The van der Waals surface area contributed by atoms with Crippen LogP contribution in [0.2, 0.25) is 0 Å². The van der Waals surface area contributed by atoms with E-state index in [4.69, 9.17) is 0 Å². The van der Waals surface area contributed by atoms with E-state index in [1.807, 2.05) is 0 Å². The van der Waals surface area contributed by atoms with Crippen molar-refractivity contribution in [2.75, 3.05) is 0 Å². The molecule has 0 spiro atoms. The SMILES string of the molecule is CC1(C)C2=c3ccccc3=CC2=Cc2cc3ccn(-c4ccc(-c5ccc(-n6ccc7c(Br)c8c(c-7c6)C(C)(C)C6=c7ccccc7=CC6=C8)cc5)cc4)cc-3c21. The van der Waals surface area contributed by atoms with E-state index in [-0.39, 0.29) is 10.8 Å². The Balaban J connectivity index is 0.860. The molecule has 12 rings (SSSR count). The summed E-state index contributed by atoms with van der Waals surface area (Å²) in [4.78, 5) is 0. The molecule has 0 aromatic heterocycles. The molecule has 4 aromatic carbocycles. The third kappa shape index (κ3) is 4.58. The van der Waals surface area contributed by atoms with Crippen LogP contribution < -0.4 is 20.9 Å². The van der Waals surface area contributed by atoms with E-state index < -0.39 is 0 Å². The zero-order valence-electron chi connectivity index (χ0n) is 32.4. The molecule has 0 saturated carbocycles. The molecule has 3 heteroatoms. The van der Waals surface area contributed by atoms with E-state index in [0.29, 0.717) is 0 Å². The Hall–Kier alpha value is -6.16. The zero-order valence-corrected chi connectivity index (χ0v) is 33.9. The van der Waals surface area contributed by atoms with Crippen LogP contribution in [-0.4, -0.2) is 9.13 Å². The molecule has 0 atom stereocenters. The monoisotopic (exact) mass is 794 g/mol. The largest absolute Gasteiger partial charge is 0.323 e. The second-order valence-electron chi connectivity index (χ2n) is 17.2. The fourth-order valence-corrected chi connectivity index (χ4v) is 11.5. The van der Waals surface area contributed by atoms with Crippen LogP contribution in [0.4, 0.5) is 0 Å². The van der Waals surface area contributed by atoms with Crippen molar-refractivity contribution < 1.29 is 0 Å². The molecule has 2 heterocycles. The summed E-state index contributed by atoms with van der Waals surface area (Å²) in [6, 6.07) is 42.5. The highest BCUT2D eigenvalue weighted by molar-refractivity contribution is 9.10. The van der Waals surface area contributed by atoms with Gasteiger partial charge in [-0.2, -0.15) is 0 Å². The van der Waals surface area contributed by atoms with Crippen molar-refractivity contribution in [2.45, 2.75) is 38.5 Å². The van der Waals surface area contributed by atoms with Crippen molar-refractivity contribution in [3.05, 3.63) is 199 Å². The van der Waals surface area contributed by atoms with Crippen LogP contribution in [0.3, 0.4) is 0 Å². The normalized spacial score (nSPS) is 16.5.